The van der Waals surface area contributed by atoms with Crippen LogP contribution in [0.5, 0.6) is 0 Å². The van der Waals surface area contributed by atoms with Crippen molar-refractivity contribution in [3.05, 3.63) is 22.2 Å². The second-order valence-corrected chi connectivity index (χ2v) is 4.38. The van der Waals surface area contributed by atoms with E-state index in [0.29, 0.717) is 11.9 Å². The van der Waals surface area contributed by atoms with Gasteiger partial charge in [0, 0.05) is 19.2 Å². The van der Waals surface area contributed by atoms with Crippen LogP contribution in [0.4, 0.5) is 17.3 Å². The van der Waals surface area contributed by atoms with Gasteiger partial charge >= 0.3 is 5.69 Å². The SMILES string of the molecule is CN(c1ccc([N+](=O)[O-])c(N)n1)C1CCCC1. The molecule has 2 rings (SSSR count). The summed E-state index contributed by atoms with van der Waals surface area (Å²) in [5, 5.41) is 10.6. The lowest BCUT2D eigenvalue weighted by Crippen LogP contribution is -2.29. The number of nitro groups is 1. The Morgan fingerprint density at radius 2 is 2.12 bits per heavy atom. The van der Waals surface area contributed by atoms with Crippen LogP contribution in [0, 0.1) is 10.1 Å². The van der Waals surface area contributed by atoms with Crippen molar-refractivity contribution < 1.29 is 4.92 Å². The van der Waals surface area contributed by atoms with Gasteiger partial charge in [-0.15, -0.1) is 0 Å². The highest BCUT2D eigenvalue weighted by Crippen LogP contribution is 2.28. The molecule has 0 aliphatic heterocycles. The molecule has 1 aliphatic carbocycles. The summed E-state index contributed by atoms with van der Waals surface area (Å²) in [5.74, 6) is 0.692. The van der Waals surface area contributed by atoms with E-state index in [1.54, 1.807) is 6.07 Å². The number of aromatic nitrogens is 1. The van der Waals surface area contributed by atoms with Gasteiger partial charge in [-0.2, -0.15) is 0 Å². The van der Waals surface area contributed by atoms with Gasteiger partial charge in [-0.05, 0) is 18.9 Å². The first-order valence-corrected chi connectivity index (χ1v) is 5.73. The molecular formula is C11H16N4O2. The Morgan fingerprint density at radius 3 is 2.65 bits per heavy atom. The van der Waals surface area contributed by atoms with Crippen molar-refractivity contribution in [2.45, 2.75) is 31.7 Å². The maximum Gasteiger partial charge on any atom is 0.311 e. The Hall–Kier alpha value is -1.85. The van der Waals surface area contributed by atoms with E-state index in [9.17, 15) is 10.1 Å². The zero-order chi connectivity index (χ0) is 12.4. The van der Waals surface area contributed by atoms with E-state index >= 15 is 0 Å². The maximum atomic E-state index is 10.6. The van der Waals surface area contributed by atoms with Crippen molar-refractivity contribution in [1.29, 1.82) is 0 Å². The van der Waals surface area contributed by atoms with Crippen molar-refractivity contribution in [1.82, 2.24) is 4.98 Å². The van der Waals surface area contributed by atoms with Crippen molar-refractivity contribution >= 4 is 17.3 Å². The third-order valence-electron chi connectivity index (χ3n) is 3.32. The maximum absolute atomic E-state index is 10.6. The minimum atomic E-state index is -0.512. The number of nitrogen functional groups attached to an aromatic ring is 1. The van der Waals surface area contributed by atoms with Crippen LogP contribution in [0.15, 0.2) is 12.1 Å². The number of hydrogen-bond acceptors (Lipinski definition) is 5. The van der Waals surface area contributed by atoms with Gasteiger partial charge in [0.1, 0.15) is 5.82 Å². The molecule has 1 saturated carbocycles. The van der Waals surface area contributed by atoms with Crippen LogP contribution >= 0.6 is 0 Å². The first-order chi connectivity index (χ1) is 8.09. The zero-order valence-corrected chi connectivity index (χ0v) is 9.80. The molecule has 0 unspecified atom stereocenters. The van der Waals surface area contributed by atoms with Crippen molar-refractivity contribution in [2.24, 2.45) is 0 Å². The second kappa shape index (κ2) is 4.57. The van der Waals surface area contributed by atoms with Gasteiger partial charge in [0.25, 0.3) is 0 Å². The zero-order valence-electron chi connectivity index (χ0n) is 9.80. The summed E-state index contributed by atoms with van der Waals surface area (Å²) in [5.41, 5.74) is 5.45. The number of anilines is 2. The summed E-state index contributed by atoms with van der Waals surface area (Å²) < 4.78 is 0. The Labute approximate surface area is 99.6 Å². The molecular weight excluding hydrogens is 220 g/mol. The number of nitrogens with two attached hydrogens (primary N) is 1. The molecule has 1 fully saturated rings. The molecule has 0 atom stereocenters. The van der Waals surface area contributed by atoms with E-state index < -0.39 is 4.92 Å². The molecule has 0 amide bonds. The minimum Gasteiger partial charge on any atom is -0.378 e. The number of pyridine rings is 1. The number of hydrogen-bond donors (Lipinski definition) is 1. The molecule has 1 aromatic heterocycles. The summed E-state index contributed by atoms with van der Waals surface area (Å²) >= 11 is 0. The summed E-state index contributed by atoms with van der Waals surface area (Å²) in [6, 6.07) is 3.55. The average Bonchev–Trinajstić information content (AvgIpc) is 2.80. The quantitative estimate of drug-likeness (QED) is 0.640. The summed E-state index contributed by atoms with van der Waals surface area (Å²) in [6.07, 6.45) is 4.76. The summed E-state index contributed by atoms with van der Waals surface area (Å²) in [4.78, 5) is 16.3. The van der Waals surface area contributed by atoms with E-state index in [4.69, 9.17) is 5.73 Å². The standard InChI is InChI=1S/C11H16N4O2/c1-14(8-4-2-3-5-8)10-7-6-9(15(16)17)11(12)13-10/h6-8H,2-5H2,1H3,(H2,12,13). The molecule has 2 N–H and O–H groups in total. The first-order valence-electron chi connectivity index (χ1n) is 5.73. The molecule has 6 heteroatoms. The molecule has 17 heavy (non-hydrogen) atoms. The van der Waals surface area contributed by atoms with E-state index in [1.165, 1.54) is 18.9 Å². The molecule has 1 aromatic rings. The van der Waals surface area contributed by atoms with Crippen LogP contribution in [0.25, 0.3) is 0 Å². The highest BCUT2D eigenvalue weighted by atomic mass is 16.6. The van der Waals surface area contributed by atoms with Gasteiger partial charge in [-0.25, -0.2) is 4.98 Å². The smallest absolute Gasteiger partial charge is 0.311 e. The Kier molecular flexibility index (Phi) is 3.12. The lowest BCUT2D eigenvalue weighted by molar-refractivity contribution is -0.384. The van der Waals surface area contributed by atoms with E-state index in [-0.39, 0.29) is 11.5 Å². The van der Waals surface area contributed by atoms with Crippen LogP contribution in [-0.4, -0.2) is 23.0 Å². The fourth-order valence-corrected chi connectivity index (χ4v) is 2.29. The second-order valence-electron chi connectivity index (χ2n) is 4.38. The molecule has 1 aliphatic rings. The highest BCUT2D eigenvalue weighted by Gasteiger charge is 2.22. The molecule has 0 radical (unpaired) electrons. The molecule has 1 heterocycles. The topological polar surface area (TPSA) is 85.3 Å². The van der Waals surface area contributed by atoms with Crippen molar-refractivity contribution in [2.75, 3.05) is 17.7 Å². The molecule has 92 valence electrons. The van der Waals surface area contributed by atoms with Gasteiger partial charge < -0.3 is 10.6 Å². The van der Waals surface area contributed by atoms with E-state index in [1.807, 2.05) is 7.05 Å². The lowest BCUT2D eigenvalue weighted by atomic mass is 10.2. The van der Waals surface area contributed by atoms with E-state index in [2.05, 4.69) is 9.88 Å². The largest absolute Gasteiger partial charge is 0.378 e. The molecule has 0 spiro atoms. The number of nitrogens with zero attached hydrogens (tertiary/aromatic N) is 3. The van der Waals surface area contributed by atoms with Crippen molar-refractivity contribution in [3.8, 4) is 0 Å². The highest BCUT2D eigenvalue weighted by molar-refractivity contribution is 5.58. The van der Waals surface area contributed by atoms with Gasteiger partial charge in [0.15, 0.2) is 0 Å². The van der Waals surface area contributed by atoms with Crippen LogP contribution in [-0.2, 0) is 0 Å². The van der Waals surface area contributed by atoms with E-state index in [0.717, 1.165) is 12.8 Å². The van der Waals surface area contributed by atoms with Gasteiger partial charge in [-0.3, -0.25) is 10.1 Å². The first kappa shape index (κ1) is 11.6. The Bertz CT molecular complexity index is 429. The van der Waals surface area contributed by atoms with Crippen LogP contribution in [0.3, 0.4) is 0 Å². The molecule has 0 bridgehead atoms. The predicted molar refractivity (Wildman–Crippen MR) is 66.0 cm³/mol. The van der Waals surface area contributed by atoms with Crippen molar-refractivity contribution in [3.63, 3.8) is 0 Å². The third kappa shape index (κ3) is 2.30. The predicted octanol–water partition coefficient (Wildman–Crippen LogP) is 1.95. The average molecular weight is 236 g/mol. The fraction of sp³-hybridized carbons (Fsp3) is 0.545. The van der Waals surface area contributed by atoms with Crippen LogP contribution in [0.1, 0.15) is 25.7 Å². The monoisotopic (exact) mass is 236 g/mol. The van der Waals surface area contributed by atoms with Crippen LogP contribution in [0.2, 0.25) is 0 Å². The third-order valence-corrected chi connectivity index (χ3v) is 3.32. The Morgan fingerprint density at radius 1 is 1.47 bits per heavy atom. The molecule has 0 aromatic carbocycles. The fourth-order valence-electron chi connectivity index (χ4n) is 2.29. The van der Waals surface area contributed by atoms with Gasteiger partial charge in [-0.1, -0.05) is 12.8 Å². The lowest BCUT2D eigenvalue weighted by Gasteiger charge is -2.25. The van der Waals surface area contributed by atoms with Gasteiger partial charge in [0.2, 0.25) is 5.82 Å². The summed E-state index contributed by atoms with van der Waals surface area (Å²) in [6.45, 7) is 0. The summed E-state index contributed by atoms with van der Waals surface area (Å²) in [7, 11) is 1.96. The van der Waals surface area contributed by atoms with Crippen LogP contribution < -0.4 is 10.6 Å². The number of rotatable bonds is 3. The minimum absolute atomic E-state index is 0.0163. The normalized spacial score (nSPS) is 16.1. The molecule has 6 nitrogen and oxygen atoms in total. The Balaban J connectivity index is 2.21. The van der Waals surface area contributed by atoms with Gasteiger partial charge in [0.05, 0.1) is 4.92 Å². The molecule has 0 saturated heterocycles.